The van der Waals surface area contributed by atoms with E-state index in [1.54, 1.807) is 25.3 Å². The average molecular weight is 535 g/mol. The minimum atomic E-state index is -4.58. The second kappa shape index (κ2) is 10.7. The van der Waals surface area contributed by atoms with Gasteiger partial charge in [-0.15, -0.1) is 11.3 Å². The summed E-state index contributed by atoms with van der Waals surface area (Å²) in [7, 11) is 0. The Morgan fingerprint density at radius 3 is 2.62 bits per heavy atom. The second-order valence-electron chi connectivity index (χ2n) is 9.76. The van der Waals surface area contributed by atoms with Gasteiger partial charge in [-0.1, -0.05) is 25.3 Å². The van der Waals surface area contributed by atoms with E-state index in [-0.39, 0.29) is 11.9 Å². The first-order chi connectivity index (χ1) is 17.4. The van der Waals surface area contributed by atoms with Crippen molar-refractivity contribution in [2.75, 3.05) is 5.32 Å². The lowest BCUT2D eigenvalue weighted by Crippen LogP contribution is -2.35. The molecule has 0 radical (unpaired) electrons. The van der Waals surface area contributed by atoms with Gasteiger partial charge in [0.1, 0.15) is 16.3 Å². The largest absolute Gasteiger partial charge is 0.481 e. The predicted molar refractivity (Wildman–Crippen MR) is 134 cm³/mol. The molecule has 0 saturated heterocycles. The van der Waals surface area contributed by atoms with Crippen LogP contribution in [-0.4, -0.2) is 31.1 Å². The molecule has 3 unspecified atom stereocenters. The van der Waals surface area contributed by atoms with Gasteiger partial charge in [-0.25, -0.2) is 15.0 Å². The topological polar surface area (TPSA) is 108 Å². The number of benzene rings is 1. The number of nitrogens with one attached hydrogen (secondary N) is 1. The molecular weight excluding hydrogens is 505 g/mol. The summed E-state index contributed by atoms with van der Waals surface area (Å²) in [5.41, 5.74) is -0.176. The Morgan fingerprint density at radius 1 is 1.14 bits per heavy atom. The molecule has 1 aliphatic carbocycles. The van der Waals surface area contributed by atoms with E-state index < -0.39 is 29.4 Å². The number of nitrogens with zero attached hydrogens (tertiary/aromatic N) is 3. The molecular formula is C26H29F3N4O3S. The maximum absolute atomic E-state index is 13.0. The maximum atomic E-state index is 13.0. The molecule has 1 aliphatic rings. The first-order valence-corrected chi connectivity index (χ1v) is 13.0. The molecule has 1 saturated carbocycles. The first kappa shape index (κ1) is 27.0. The van der Waals surface area contributed by atoms with Crippen molar-refractivity contribution < 1.29 is 28.2 Å². The van der Waals surface area contributed by atoms with E-state index >= 15 is 0 Å². The molecule has 4 rings (SSSR count). The van der Waals surface area contributed by atoms with Gasteiger partial charge in [0.25, 0.3) is 0 Å². The Bertz CT molecular complexity index is 1260. The van der Waals surface area contributed by atoms with Gasteiger partial charge in [-0.2, -0.15) is 13.2 Å². The molecule has 3 aromatic rings. The van der Waals surface area contributed by atoms with Gasteiger partial charge in [-0.3, -0.25) is 4.79 Å². The number of alkyl halides is 3. The molecule has 1 aromatic carbocycles. The SMILES string of the molecule is Cc1cc(Nc2nccc(C(F)(F)F)n2)cc(-c2cnc(C(C)(O)C3CCCCCC(C(=O)O)C3)s2)c1. The van der Waals surface area contributed by atoms with E-state index in [0.29, 0.717) is 23.5 Å². The number of carboxylic acid groups (broad SMARTS) is 1. The molecule has 0 spiro atoms. The number of aromatic nitrogens is 3. The molecule has 0 bridgehead atoms. The highest BCUT2D eigenvalue weighted by molar-refractivity contribution is 7.15. The summed E-state index contributed by atoms with van der Waals surface area (Å²) in [5, 5.41) is 24.5. The average Bonchev–Trinajstić information content (AvgIpc) is 3.29. The summed E-state index contributed by atoms with van der Waals surface area (Å²) in [5.74, 6) is -1.72. The molecule has 2 heterocycles. The number of aliphatic carboxylic acids is 1. The minimum Gasteiger partial charge on any atom is -0.481 e. The standard InChI is InChI=1S/C26H29F3N4O3S/c1-15-10-17(13-19(11-15)32-24-30-9-8-21(33-24)26(27,28)29)20-14-31-23(37-20)25(2,36)18-7-5-3-4-6-16(12-18)22(34)35/h8-11,13-14,16,18,36H,3-7,12H2,1-2H3,(H,34,35)(H,30,32,33). The van der Waals surface area contributed by atoms with Crippen LogP contribution in [-0.2, 0) is 16.6 Å². The molecule has 3 N–H and O–H groups in total. The number of carbonyl (C=O) groups is 1. The number of aliphatic hydroxyl groups is 1. The number of hydrogen-bond donors (Lipinski definition) is 3. The van der Waals surface area contributed by atoms with Gasteiger partial charge in [0, 0.05) is 18.1 Å². The highest BCUT2D eigenvalue weighted by Crippen LogP contribution is 2.42. The fourth-order valence-corrected chi connectivity index (χ4v) is 5.82. The number of aryl methyl sites for hydroxylation is 1. The number of anilines is 2. The number of carboxylic acids is 1. The predicted octanol–water partition coefficient (Wildman–Crippen LogP) is 6.55. The zero-order valence-corrected chi connectivity index (χ0v) is 21.4. The van der Waals surface area contributed by atoms with Crippen molar-refractivity contribution in [2.45, 2.75) is 64.1 Å². The van der Waals surface area contributed by atoms with Crippen molar-refractivity contribution in [3.8, 4) is 10.4 Å². The lowest BCUT2D eigenvalue weighted by atomic mass is 9.76. The van der Waals surface area contributed by atoms with E-state index in [1.807, 2.05) is 13.0 Å². The Balaban J connectivity index is 1.58. The van der Waals surface area contributed by atoms with Crippen LogP contribution < -0.4 is 5.32 Å². The van der Waals surface area contributed by atoms with Crippen LogP contribution in [0.3, 0.4) is 0 Å². The van der Waals surface area contributed by atoms with Crippen molar-refractivity contribution in [1.82, 2.24) is 15.0 Å². The van der Waals surface area contributed by atoms with Gasteiger partial charge >= 0.3 is 12.1 Å². The lowest BCUT2D eigenvalue weighted by molar-refractivity contribution is -0.144. The summed E-state index contributed by atoms with van der Waals surface area (Å²) in [6, 6.07) is 6.26. The minimum absolute atomic E-state index is 0.170. The molecule has 3 atom stereocenters. The Hall–Kier alpha value is -3.05. The van der Waals surface area contributed by atoms with E-state index in [1.165, 1.54) is 11.3 Å². The molecule has 0 amide bonds. The summed E-state index contributed by atoms with van der Waals surface area (Å²) in [6.07, 6.45) is 2.61. The van der Waals surface area contributed by atoms with E-state index in [0.717, 1.165) is 54.0 Å². The van der Waals surface area contributed by atoms with E-state index in [4.69, 9.17) is 0 Å². The number of rotatable bonds is 6. The van der Waals surface area contributed by atoms with Crippen LogP contribution in [0.2, 0.25) is 0 Å². The zero-order valence-electron chi connectivity index (χ0n) is 20.5. The first-order valence-electron chi connectivity index (χ1n) is 12.1. The fourth-order valence-electron chi connectivity index (χ4n) is 4.79. The lowest BCUT2D eigenvalue weighted by Gasteiger charge is -2.34. The number of hydrogen-bond acceptors (Lipinski definition) is 7. The van der Waals surface area contributed by atoms with Crippen molar-refractivity contribution in [2.24, 2.45) is 11.8 Å². The molecule has 2 aromatic heterocycles. The highest BCUT2D eigenvalue weighted by atomic mass is 32.1. The van der Waals surface area contributed by atoms with Crippen LogP contribution >= 0.6 is 11.3 Å². The number of thiazole rings is 1. The van der Waals surface area contributed by atoms with Crippen LogP contribution in [0.25, 0.3) is 10.4 Å². The maximum Gasteiger partial charge on any atom is 0.433 e. The smallest absolute Gasteiger partial charge is 0.433 e. The second-order valence-corrected chi connectivity index (χ2v) is 10.8. The summed E-state index contributed by atoms with van der Waals surface area (Å²) in [6.45, 7) is 3.56. The Morgan fingerprint density at radius 2 is 1.89 bits per heavy atom. The molecule has 198 valence electrons. The summed E-state index contributed by atoms with van der Waals surface area (Å²) < 4.78 is 39.1. The van der Waals surface area contributed by atoms with Crippen LogP contribution in [0.1, 0.15) is 61.7 Å². The van der Waals surface area contributed by atoms with Crippen molar-refractivity contribution >= 4 is 28.9 Å². The van der Waals surface area contributed by atoms with Crippen LogP contribution in [0.5, 0.6) is 0 Å². The van der Waals surface area contributed by atoms with Gasteiger partial charge in [0.2, 0.25) is 5.95 Å². The third kappa shape index (κ3) is 6.45. The summed E-state index contributed by atoms with van der Waals surface area (Å²) >= 11 is 1.32. The van der Waals surface area contributed by atoms with Crippen LogP contribution in [0, 0.1) is 18.8 Å². The van der Waals surface area contributed by atoms with Crippen LogP contribution in [0.15, 0.2) is 36.7 Å². The van der Waals surface area contributed by atoms with E-state index in [9.17, 15) is 28.2 Å². The molecule has 37 heavy (non-hydrogen) atoms. The van der Waals surface area contributed by atoms with Gasteiger partial charge in [-0.05, 0) is 68.4 Å². The molecule has 1 fully saturated rings. The molecule has 11 heteroatoms. The van der Waals surface area contributed by atoms with Crippen molar-refractivity contribution in [1.29, 1.82) is 0 Å². The number of halogens is 3. The monoisotopic (exact) mass is 534 g/mol. The van der Waals surface area contributed by atoms with E-state index in [2.05, 4.69) is 20.3 Å². The van der Waals surface area contributed by atoms with Crippen molar-refractivity contribution in [3.63, 3.8) is 0 Å². The van der Waals surface area contributed by atoms with Crippen molar-refractivity contribution in [3.05, 3.63) is 52.9 Å². The molecule has 0 aliphatic heterocycles. The Kier molecular flexibility index (Phi) is 7.84. The highest BCUT2D eigenvalue weighted by Gasteiger charge is 2.39. The summed E-state index contributed by atoms with van der Waals surface area (Å²) in [4.78, 5) is 24.4. The third-order valence-electron chi connectivity index (χ3n) is 6.82. The van der Waals surface area contributed by atoms with Crippen LogP contribution in [0.4, 0.5) is 24.8 Å². The normalized spacial score (nSPS) is 20.5. The zero-order chi connectivity index (χ0) is 26.8. The van der Waals surface area contributed by atoms with Gasteiger partial charge < -0.3 is 15.5 Å². The fraction of sp³-hybridized carbons (Fsp3) is 0.462. The quantitative estimate of drug-likeness (QED) is 0.329. The van der Waals surface area contributed by atoms with Gasteiger partial charge in [0.05, 0.1) is 10.8 Å². The molecule has 7 nitrogen and oxygen atoms in total. The Labute approximate surface area is 216 Å². The third-order valence-corrected chi connectivity index (χ3v) is 8.09. The van der Waals surface area contributed by atoms with Gasteiger partial charge in [0.15, 0.2) is 0 Å².